The SMILES string of the molecule is CCCOC(=O)N1CCN(C(=O)c2ccc3c(Cl)cc(-c4ccncc4)nc3c2)CC1. The zero-order valence-electron chi connectivity index (χ0n) is 17.3. The maximum absolute atomic E-state index is 13.1. The molecule has 2 amide bonds. The van der Waals surface area contributed by atoms with Crippen LogP contribution in [0.15, 0.2) is 48.8 Å². The summed E-state index contributed by atoms with van der Waals surface area (Å²) in [6.07, 6.45) is 3.87. The molecule has 3 heterocycles. The van der Waals surface area contributed by atoms with E-state index < -0.39 is 0 Å². The number of aromatic nitrogens is 2. The highest BCUT2D eigenvalue weighted by Gasteiger charge is 2.26. The van der Waals surface area contributed by atoms with Crippen LogP contribution in [0.3, 0.4) is 0 Å². The van der Waals surface area contributed by atoms with Gasteiger partial charge in [0, 0.05) is 55.1 Å². The van der Waals surface area contributed by atoms with Crippen LogP contribution in [0.2, 0.25) is 5.02 Å². The first-order valence-corrected chi connectivity index (χ1v) is 10.7. The van der Waals surface area contributed by atoms with Crippen molar-refractivity contribution in [1.82, 2.24) is 19.8 Å². The lowest BCUT2D eigenvalue weighted by atomic mass is 10.1. The van der Waals surface area contributed by atoms with Crippen molar-refractivity contribution in [2.24, 2.45) is 0 Å². The number of fused-ring (bicyclic) bond motifs is 1. The van der Waals surface area contributed by atoms with Crippen molar-refractivity contribution in [3.63, 3.8) is 0 Å². The number of carbonyl (C=O) groups is 2. The Bertz CT molecular complexity index is 1100. The predicted molar refractivity (Wildman–Crippen MR) is 119 cm³/mol. The van der Waals surface area contributed by atoms with Gasteiger partial charge in [0.2, 0.25) is 0 Å². The van der Waals surface area contributed by atoms with Crippen molar-refractivity contribution in [2.75, 3.05) is 32.8 Å². The Hall–Kier alpha value is -3.19. The predicted octanol–water partition coefficient (Wildman–Crippen LogP) is 4.25. The molecule has 7 nitrogen and oxygen atoms in total. The van der Waals surface area contributed by atoms with E-state index in [1.165, 1.54) is 0 Å². The normalized spacial score (nSPS) is 14.0. The molecule has 31 heavy (non-hydrogen) atoms. The second kappa shape index (κ2) is 9.31. The second-order valence-corrected chi connectivity index (χ2v) is 7.76. The number of hydrogen-bond acceptors (Lipinski definition) is 5. The average molecular weight is 439 g/mol. The summed E-state index contributed by atoms with van der Waals surface area (Å²) in [4.78, 5) is 37.2. The van der Waals surface area contributed by atoms with Crippen LogP contribution in [0.4, 0.5) is 4.79 Å². The number of benzene rings is 1. The van der Waals surface area contributed by atoms with Gasteiger partial charge >= 0.3 is 6.09 Å². The Morgan fingerprint density at radius 3 is 2.45 bits per heavy atom. The molecule has 0 bridgehead atoms. The molecule has 160 valence electrons. The van der Waals surface area contributed by atoms with Crippen LogP contribution in [-0.2, 0) is 4.74 Å². The summed E-state index contributed by atoms with van der Waals surface area (Å²) in [5.74, 6) is -0.0873. The van der Waals surface area contributed by atoms with Crippen LogP contribution in [-0.4, -0.2) is 64.6 Å². The van der Waals surface area contributed by atoms with Gasteiger partial charge in [-0.05, 0) is 36.8 Å². The molecule has 4 rings (SSSR count). The fraction of sp³-hybridized carbons (Fsp3) is 0.304. The van der Waals surface area contributed by atoms with Gasteiger partial charge in [0.25, 0.3) is 5.91 Å². The molecule has 0 radical (unpaired) electrons. The number of nitrogens with zero attached hydrogens (tertiary/aromatic N) is 4. The van der Waals surface area contributed by atoms with Gasteiger partial charge in [-0.2, -0.15) is 0 Å². The van der Waals surface area contributed by atoms with Gasteiger partial charge in [-0.15, -0.1) is 0 Å². The smallest absolute Gasteiger partial charge is 0.409 e. The van der Waals surface area contributed by atoms with Crippen LogP contribution in [0.25, 0.3) is 22.2 Å². The summed E-state index contributed by atoms with van der Waals surface area (Å²) in [5.41, 5.74) is 2.84. The van der Waals surface area contributed by atoms with E-state index in [9.17, 15) is 9.59 Å². The van der Waals surface area contributed by atoms with E-state index in [0.717, 1.165) is 23.1 Å². The summed E-state index contributed by atoms with van der Waals surface area (Å²) < 4.78 is 5.18. The van der Waals surface area contributed by atoms with Gasteiger partial charge in [-0.25, -0.2) is 9.78 Å². The Labute approximate surface area is 185 Å². The average Bonchev–Trinajstić information content (AvgIpc) is 2.82. The molecule has 0 aliphatic carbocycles. The number of hydrogen-bond donors (Lipinski definition) is 0. The third kappa shape index (κ3) is 4.61. The molecule has 1 aliphatic rings. The van der Waals surface area contributed by atoms with Gasteiger partial charge in [-0.1, -0.05) is 24.6 Å². The summed E-state index contributed by atoms with van der Waals surface area (Å²) in [6, 6.07) is 10.9. The van der Waals surface area contributed by atoms with Gasteiger partial charge in [0.1, 0.15) is 0 Å². The largest absolute Gasteiger partial charge is 0.449 e. The van der Waals surface area contributed by atoms with Crippen molar-refractivity contribution in [1.29, 1.82) is 0 Å². The molecule has 1 fully saturated rings. The van der Waals surface area contributed by atoms with Crippen molar-refractivity contribution in [3.8, 4) is 11.3 Å². The first kappa shape index (κ1) is 21.1. The lowest BCUT2D eigenvalue weighted by molar-refractivity contribution is 0.0560. The van der Waals surface area contributed by atoms with E-state index in [2.05, 4.69) is 4.98 Å². The van der Waals surface area contributed by atoms with Crippen LogP contribution < -0.4 is 0 Å². The number of rotatable bonds is 4. The topological polar surface area (TPSA) is 75.6 Å². The lowest BCUT2D eigenvalue weighted by Gasteiger charge is -2.34. The van der Waals surface area contributed by atoms with Crippen LogP contribution >= 0.6 is 11.6 Å². The number of piperazine rings is 1. The number of amides is 2. The van der Waals surface area contributed by atoms with Gasteiger partial charge in [0.15, 0.2) is 0 Å². The molecule has 1 aliphatic heterocycles. The molecule has 1 aromatic carbocycles. The maximum atomic E-state index is 13.1. The van der Waals surface area contributed by atoms with E-state index in [1.54, 1.807) is 34.3 Å². The zero-order valence-corrected chi connectivity index (χ0v) is 18.0. The maximum Gasteiger partial charge on any atom is 0.409 e. The minimum atomic E-state index is -0.317. The fourth-order valence-corrected chi connectivity index (χ4v) is 3.81. The van der Waals surface area contributed by atoms with E-state index in [1.807, 2.05) is 31.2 Å². The highest BCUT2D eigenvalue weighted by molar-refractivity contribution is 6.35. The molecule has 0 spiro atoms. The first-order chi connectivity index (χ1) is 15.1. The van der Waals surface area contributed by atoms with Crippen LogP contribution in [0.5, 0.6) is 0 Å². The lowest BCUT2D eigenvalue weighted by Crippen LogP contribution is -2.50. The van der Waals surface area contributed by atoms with E-state index in [4.69, 9.17) is 21.3 Å². The number of halogens is 1. The van der Waals surface area contributed by atoms with Crippen molar-refractivity contribution in [3.05, 3.63) is 59.4 Å². The molecule has 0 saturated carbocycles. The summed E-state index contributed by atoms with van der Waals surface area (Å²) in [5, 5.41) is 1.37. The Morgan fingerprint density at radius 1 is 1.03 bits per heavy atom. The Kier molecular flexibility index (Phi) is 6.32. The minimum Gasteiger partial charge on any atom is -0.449 e. The molecule has 0 atom stereocenters. The third-order valence-corrected chi connectivity index (χ3v) is 5.55. The van der Waals surface area contributed by atoms with Crippen LogP contribution in [0, 0.1) is 0 Å². The van der Waals surface area contributed by atoms with E-state index in [-0.39, 0.29) is 12.0 Å². The molecule has 0 N–H and O–H groups in total. The van der Waals surface area contributed by atoms with Crippen molar-refractivity contribution < 1.29 is 14.3 Å². The standard InChI is InChI=1S/C23H23ClN4O3/c1-2-13-31-23(30)28-11-9-27(10-12-28)22(29)17-3-4-18-19(24)15-20(26-21(18)14-17)16-5-7-25-8-6-16/h3-8,14-15H,2,9-13H2,1H3. The molecule has 1 saturated heterocycles. The first-order valence-electron chi connectivity index (χ1n) is 10.3. The minimum absolute atomic E-state index is 0.0873. The van der Waals surface area contributed by atoms with Gasteiger partial charge in [0.05, 0.1) is 22.8 Å². The monoisotopic (exact) mass is 438 g/mol. The van der Waals surface area contributed by atoms with E-state index in [0.29, 0.717) is 48.9 Å². The molecular weight excluding hydrogens is 416 g/mol. The highest BCUT2D eigenvalue weighted by Crippen LogP contribution is 2.29. The quantitative estimate of drug-likeness (QED) is 0.608. The number of carbonyl (C=O) groups excluding carboxylic acids is 2. The fourth-order valence-electron chi connectivity index (χ4n) is 3.54. The summed E-state index contributed by atoms with van der Waals surface area (Å²) >= 11 is 6.47. The Morgan fingerprint density at radius 2 is 1.74 bits per heavy atom. The van der Waals surface area contributed by atoms with Gasteiger partial charge < -0.3 is 14.5 Å². The number of ether oxygens (including phenoxy) is 1. The molecular formula is C23H23ClN4O3. The molecule has 8 heteroatoms. The van der Waals surface area contributed by atoms with Crippen LogP contribution in [0.1, 0.15) is 23.7 Å². The summed E-state index contributed by atoms with van der Waals surface area (Å²) in [6.45, 7) is 4.20. The van der Waals surface area contributed by atoms with E-state index >= 15 is 0 Å². The zero-order chi connectivity index (χ0) is 21.8. The second-order valence-electron chi connectivity index (χ2n) is 7.35. The highest BCUT2D eigenvalue weighted by atomic mass is 35.5. The molecule has 3 aromatic rings. The Balaban J connectivity index is 1.52. The van der Waals surface area contributed by atoms with Crippen molar-refractivity contribution in [2.45, 2.75) is 13.3 Å². The van der Waals surface area contributed by atoms with Gasteiger partial charge in [-0.3, -0.25) is 9.78 Å². The molecule has 2 aromatic heterocycles. The number of pyridine rings is 2. The van der Waals surface area contributed by atoms with Crippen molar-refractivity contribution >= 4 is 34.5 Å². The third-order valence-electron chi connectivity index (χ3n) is 5.24. The summed E-state index contributed by atoms with van der Waals surface area (Å²) in [7, 11) is 0. The molecule has 0 unspecified atom stereocenters.